The molecule has 2 aromatic carbocycles. The summed E-state index contributed by atoms with van der Waals surface area (Å²) < 4.78 is 10.6. The van der Waals surface area contributed by atoms with Crippen molar-refractivity contribution in [2.75, 3.05) is 19.5 Å². The maximum atomic E-state index is 12.1. The van der Waals surface area contributed by atoms with Crippen LogP contribution in [0.3, 0.4) is 0 Å². The lowest BCUT2D eigenvalue weighted by Gasteiger charge is -2.12. The average Bonchev–Trinajstić information content (AvgIpc) is 2.59. The van der Waals surface area contributed by atoms with E-state index in [1.165, 1.54) is 18.2 Å². The minimum Gasteiger partial charge on any atom is -0.496 e. The van der Waals surface area contributed by atoms with Crippen LogP contribution in [-0.4, -0.2) is 25.1 Å². The Morgan fingerprint density at radius 1 is 1.12 bits per heavy atom. The molecule has 2 rings (SSSR count). The van der Waals surface area contributed by atoms with Crippen molar-refractivity contribution in [3.8, 4) is 11.5 Å². The Bertz CT molecular complexity index is 723. The van der Waals surface area contributed by atoms with Gasteiger partial charge in [-0.2, -0.15) is 0 Å². The molecule has 0 bridgehead atoms. The molecule has 7 heteroatoms. The largest absolute Gasteiger partial charge is 0.496 e. The molecular formula is C17H18N2O5. The summed E-state index contributed by atoms with van der Waals surface area (Å²) in [6, 6.07) is 11.2. The Kier molecular flexibility index (Phi) is 5.73. The molecule has 0 radical (unpaired) electrons. The zero-order valence-corrected chi connectivity index (χ0v) is 13.4. The van der Waals surface area contributed by atoms with Crippen molar-refractivity contribution in [3.05, 3.63) is 58.1 Å². The molecule has 0 spiro atoms. The van der Waals surface area contributed by atoms with Crippen molar-refractivity contribution in [2.45, 2.75) is 12.8 Å². The number of benzene rings is 2. The molecule has 0 saturated carbocycles. The zero-order valence-electron chi connectivity index (χ0n) is 13.4. The van der Waals surface area contributed by atoms with Gasteiger partial charge >= 0.3 is 0 Å². The van der Waals surface area contributed by atoms with Gasteiger partial charge in [0.25, 0.3) is 5.69 Å². The molecule has 1 N–H and O–H groups in total. The van der Waals surface area contributed by atoms with Crippen LogP contribution in [0.5, 0.6) is 11.5 Å². The van der Waals surface area contributed by atoms with Crippen LogP contribution in [0.2, 0.25) is 0 Å². The summed E-state index contributed by atoms with van der Waals surface area (Å²) >= 11 is 0. The lowest BCUT2D eigenvalue weighted by atomic mass is 10.1. The predicted octanol–water partition coefficient (Wildman–Crippen LogP) is 3.18. The number of hydrogen-bond acceptors (Lipinski definition) is 5. The van der Waals surface area contributed by atoms with Crippen LogP contribution in [0.15, 0.2) is 42.5 Å². The van der Waals surface area contributed by atoms with Gasteiger partial charge in [-0.05, 0) is 24.6 Å². The van der Waals surface area contributed by atoms with Gasteiger partial charge in [0.1, 0.15) is 11.5 Å². The second-order valence-corrected chi connectivity index (χ2v) is 5.00. The number of nitrogens with one attached hydrogen (secondary N) is 1. The third-order valence-corrected chi connectivity index (χ3v) is 3.47. The van der Waals surface area contributed by atoms with Crippen molar-refractivity contribution >= 4 is 17.3 Å². The van der Waals surface area contributed by atoms with Gasteiger partial charge in [0.05, 0.1) is 19.1 Å². The van der Waals surface area contributed by atoms with E-state index in [4.69, 9.17) is 9.47 Å². The molecule has 0 fully saturated rings. The Balaban J connectivity index is 2.04. The molecule has 0 aliphatic heterocycles. The number of nitrogens with zero attached hydrogens (tertiary/aromatic N) is 1. The molecule has 126 valence electrons. The molecular weight excluding hydrogens is 312 g/mol. The average molecular weight is 330 g/mol. The quantitative estimate of drug-likeness (QED) is 0.622. The third kappa shape index (κ3) is 4.22. The summed E-state index contributed by atoms with van der Waals surface area (Å²) in [6.45, 7) is 0. The first kappa shape index (κ1) is 17.3. The molecule has 7 nitrogen and oxygen atoms in total. The Labute approximate surface area is 139 Å². The van der Waals surface area contributed by atoms with E-state index in [2.05, 4.69) is 5.32 Å². The van der Waals surface area contributed by atoms with Gasteiger partial charge in [-0.15, -0.1) is 0 Å². The van der Waals surface area contributed by atoms with E-state index >= 15 is 0 Å². The smallest absolute Gasteiger partial charge is 0.271 e. The lowest BCUT2D eigenvalue weighted by molar-refractivity contribution is -0.384. The van der Waals surface area contributed by atoms with Crippen molar-refractivity contribution in [3.63, 3.8) is 0 Å². The molecule has 0 heterocycles. The van der Waals surface area contributed by atoms with Crippen LogP contribution in [0.1, 0.15) is 12.0 Å². The fourth-order valence-electron chi connectivity index (χ4n) is 2.33. The van der Waals surface area contributed by atoms with E-state index in [1.807, 2.05) is 6.07 Å². The van der Waals surface area contributed by atoms with Gasteiger partial charge in [0.15, 0.2) is 0 Å². The van der Waals surface area contributed by atoms with Crippen LogP contribution < -0.4 is 14.8 Å². The van der Waals surface area contributed by atoms with Gasteiger partial charge in [-0.1, -0.05) is 12.1 Å². The van der Waals surface area contributed by atoms with Crippen LogP contribution >= 0.6 is 0 Å². The number of anilines is 1. The molecule has 0 aromatic heterocycles. The summed E-state index contributed by atoms with van der Waals surface area (Å²) in [7, 11) is 3.11. The van der Waals surface area contributed by atoms with Gasteiger partial charge in [0.2, 0.25) is 5.91 Å². The SMILES string of the molecule is COc1cccc(OC)c1CCC(=O)Nc1cccc([N+](=O)[O-])c1. The first-order chi connectivity index (χ1) is 11.5. The Morgan fingerprint density at radius 2 is 1.75 bits per heavy atom. The van der Waals surface area contributed by atoms with E-state index < -0.39 is 4.92 Å². The molecule has 0 aliphatic rings. The number of nitro groups is 1. The first-order valence-electron chi connectivity index (χ1n) is 7.29. The minimum atomic E-state index is -0.505. The number of non-ortho nitro benzene ring substituents is 1. The van der Waals surface area contributed by atoms with E-state index in [0.717, 1.165) is 5.56 Å². The lowest BCUT2D eigenvalue weighted by Crippen LogP contribution is -2.13. The normalized spacial score (nSPS) is 10.1. The number of ether oxygens (including phenoxy) is 2. The van der Waals surface area contributed by atoms with Crippen LogP contribution in [0.25, 0.3) is 0 Å². The Morgan fingerprint density at radius 3 is 2.33 bits per heavy atom. The number of rotatable bonds is 7. The summed E-state index contributed by atoms with van der Waals surface area (Å²) in [5.41, 5.74) is 1.12. The van der Waals surface area contributed by atoms with E-state index in [0.29, 0.717) is 23.6 Å². The van der Waals surface area contributed by atoms with Crippen LogP contribution in [0, 0.1) is 10.1 Å². The van der Waals surface area contributed by atoms with E-state index in [-0.39, 0.29) is 18.0 Å². The predicted molar refractivity (Wildman–Crippen MR) is 89.6 cm³/mol. The number of amides is 1. The summed E-state index contributed by atoms with van der Waals surface area (Å²) in [6.07, 6.45) is 0.618. The van der Waals surface area contributed by atoms with Crippen molar-refractivity contribution < 1.29 is 19.2 Å². The summed E-state index contributed by atoms with van der Waals surface area (Å²) in [5.74, 6) is 1.05. The van der Waals surface area contributed by atoms with Crippen LogP contribution in [0.4, 0.5) is 11.4 Å². The van der Waals surface area contributed by atoms with Gasteiger partial charge in [-0.3, -0.25) is 14.9 Å². The number of nitro benzene ring substituents is 1. The molecule has 0 atom stereocenters. The number of hydrogen-bond donors (Lipinski definition) is 1. The highest BCUT2D eigenvalue weighted by atomic mass is 16.6. The molecule has 1 amide bonds. The number of methoxy groups -OCH3 is 2. The highest BCUT2D eigenvalue weighted by Gasteiger charge is 2.13. The van der Waals surface area contributed by atoms with Crippen molar-refractivity contribution in [1.29, 1.82) is 0 Å². The van der Waals surface area contributed by atoms with Gasteiger partial charge in [-0.25, -0.2) is 0 Å². The summed E-state index contributed by atoms with van der Waals surface area (Å²) in [5, 5.41) is 13.4. The van der Waals surface area contributed by atoms with Gasteiger partial charge in [0, 0.05) is 29.8 Å². The van der Waals surface area contributed by atoms with Crippen molar-refractivity contribution in [2.24, 2.45) is 0 Å². The number of carbonyl (C=O) groups excluding carboxylic acids is 1. The summed E-state index contributed by atoms with van der Waals surface area (Å²) in [4.78, 5) is 22.4. The van der Waals surface area contributed by atoms with Crippen LogP contribution in [-0.2, 0) is 11.2 Å². The molecule has 24 heavy (non-hydrogen) atoms. The molecule has 0 aliphatic carbocycles. The van der Waals surface area contributed by atoms with E-state index in [1.54, 1.807) is 32.4 Å². The highest BCUT2D eigenvalue weighted by molar-refractivity contribution is 5.91. The Hall–Kier alpha value is -3.09. The monoisotopic (exact) mass is 330 g/mol. The van der Waals surface area contributed by atoms with Crippen molar-refractivity contribution in [1.82, 2.24) is 0 Å². The van der Waals surface area contributed by atoms with E-state index in [9.17, 15) is 14.9 Å². The second-order valence-electron chi connectivity index (χ2n) is 5.00. The molecule has 0 unspecified atom stereocenters. The fourth-order valence-corrected chi connectivity index (χ4v) is 2.33. The second kappa shape index (κ2) is 7.96. The third-order valence-electron chi connectivity index (χ3n) is 3.47. The fraction of sp³-hybridized carbons (Fsp3) is 0.235. The standard InChI is InChI=1S/C17H18N2O5/c1-23-15-7-4-8-16(24-2)14(15)9-10-17(20)18-12-5-3-6-13(11-12)19(21)22/h3-8,11H,9-10H2,1-2H3,(H,18,20). The minimum absolute atomic E-state index is 0.0702. The molecule has 2 aromatic rings. The highest BCUT2D eigenvalue weighted by Crippen LogP contribution is 2.29. The van der Waals surface area contributed by atoms with Gasteiger partial charge < -0.3 is 14.8 Å². The zero-order chi connectivity index (χ0) is 17.5. The maximum absolute atomic E-state index is 12.1. The topological polar surface area (TPSA) is 90.7 Å². The molecule has 0 saturated heterocycles. The number of carbonyl (C=O) groups is 1. The maximum Gasteiger partial charge on any atom is 0.271 e. The first-order valence-corrected chi connectivity index (χ1v) is 7.29.